The third kappa shape index (κ3) is 2.65. The molecule has 1 aromatic heterocycles. The van der Waals surface area contributed by atoms with Crippen molar-refractivity contribution in [1.82, 2.24) is 10.1 Å². The summed E-state index contributed by atoms with van der Waals surface area (Å²) in [7, 11) is 0. The summed E-state index contributed by atoms with van der Waals surface area (Å²) in [6.45, 7) is -2.85. The van der Waals surface area contributed by atoms with Crippen LogP contribution in [0.1, 0.15) is 0 Å². The molecular formula is C9H5F2IN2O2. The second kappa shape index (κ2) is 4.73. The van der Waals surface area contributed by atoms with Gasteiger partial charge in [-0.3, -0.25) is 0 Å². The number of benzene rings is 1. The van der Waals surface area contributed by atoms with Crippen LogP contribution in [0.2, 0.25) is 0 Å². The molecule has 7 heteroatoms. The Morgan fingerprint density at radius 3 is 2.81 bits per heavy atom. The number of aromatic nitrogens is 2. The van der Waals surface area contributed by atoms with Crippen LogP contribution in [-0.2, 0) is 0 Å². The lowest BCUT2D eigenvalue weighted by atomic mass is 10.2. The molecule has 0 amide bonds. The van der Waals surface area contributed by atoms with Crippen LogP contribution in [0.15, 0.2) is 28.8 Å². The number of alkyl halides is 2. The predicted octanol–water partition coefficient (Wildman–Crippen LogP) is 2.94. The summed E-state index contributed by atoms with van der Waals surface area (Å²) in [4.78, 5) is 3.97. The summed E-state index contributed by atoms with van der Waals surface area (Å²) >= 11 is 1.89. The largest absolute Gasteiger partial charge is 0.435 e. The van der Waals surface area contributed by atoms with Gasteiger partial charge in [0.2, 0.25) is 3.83 Å². The van der Waals surface area contributed by atoms with Crippen molar-refractivity contribution in [3.8, 4) is 17.2 Å². The molecule has 0 bridgehead atoms. The highest BCUT2D eigenvalue weighted by molar-refractivity contribution is 14.1. The Balaban J connectivity index is 2.28. The molecule has 0 aliphatic rings. The molecule has 1 heterocycles. The highest BCUT2D eigenvalue weighted by atomic mass is 127. The molecule has 2 rings (SSSR count). The van der Waals surface area contributed by atoms with E-state index in [0.29, 0.717) is 9.39 Å². The molecule has 0 N–H and O–H groups in total. The van der Waals surface area contributed by atoms with Crippen LogP contribution in [0.25, 0.3) is 11.5 Å². The van der Waals surface area contributed by atoms with Crippen molar-refractivity contribution in [2.45, 2.75) is 6.61 Å². The maximum atomic E-state index is 12.0. The molecule has 0 saturated heterocycles. The average molecular weight is 338 g/mol. The van der Waals surface area contributed by atoms with Crippen molar-refractivity contribution in [1.29, 1.82) is 0 Å². The van der Waals surface area contributed by atoms with Gasteiger partial charge < -0.3 is 9.26 Å². The molecule has 2 aromatic rings. The Kier molecular flexibility index (Phi) is 3.32. The molecule has 16 heavy (non-hydrogen) atoms. The Labute approximate surface area is 103 Å². The maximum absolute atomic E-state index is 12.0. The Morgan fingerprint density at radius 2 is 2.19 bits per heavy atom. The normalized spacial score (nSPS) is 10.8. The molecule has 0 unspecified atom stereocenters. The minimum Gasteiger partial charge on any atom is -0.435 e. The van der Waals surface area contributed by atoms with Gasteiger partial charge in [-0.15, -0.1) is 0 Å². The minimum absolute atomic E-state index is 0.0562. The summed E-state index contributed by atoms with van der Waals surface area (Å²) in [5.74, 6) is 0.324. The summed E-state index contributed by atoms with van der Waals surface area (Å²) in [6, 6.07) is 6.08. The molecule has 84 valence electrons. The summed E-state index contributed by atoms with van der Waals surface area (Å²) in [5.41, 5.74) is 0.536. The zero-order chi connectivity index (χ0) is 11.5. The molecule has 1 aromatic carbocycles. The highest BCUT2D eigenvalue weighted by Gasteiger charge is 2.09. The number of ether oxygens (including phenoxy) is 1. The van der Waals surface area contributed by atoms with Gasteiger partial charge in [0.1, 0.15) is 5.75 Å². The summed E-state index contributed by atoms with van der Waals surface area (Å²) < 4.78 is 33.6. The first-order valence-corrected chi connectivity index (χ1v) is 5.27. The van der Waals surface area contributed by atoms with Crippen LogP contribution < -0.4 is 4.74 Å². The first kappa shape index (κ1) is 11.2. The van der Waals surface area contributed by atoms with Gasteiger partial charge in [0.25, 0.3) is 5.89 Å². The van der Waals surface area contributed by atoms with E-state index >= 15 is 0 Å². The predicted molar refractivity (Wildman–Crippen MR) is 59.1 cm³/mol. The third-order valence-corrected chi connectivity index (χ3v) is 2.15. The lowest BCUT2D eigenvalue weighted by Crippen LogP contribution is -2.01. The second-order valence-corrected chi connectivity index (χ2v) is 3.74. The molecule has 0 fully saturated rings. The van der Waals surface area contributed by atoms with E-state index in [2.05, 4.69) is 14.9 Å². The van der Waals surface area contributed by atoms with E-state index < -0.39 is 6.61 Å². The SMILES string of the molecule is FC(F)Oc1cccc(-c2nc(I)no2)c1. The average Bonchev–Trinajstić information content (AvgIpc) is 2.64. The van der Waals surface area contributed by atoms with Gasteiger partial charge in [-0.2, -0.15) is 13.8 Å². The van der Waals surface area contributed by atoms with E-state index in [1.54, 1.807) is 12.1 Å². The standard InChI is InChI=1S/C9H5F2IN2O2/c10-8(11)15-6-3-1-2-5(4-6)7-13-9(12)14-16-7/h1-4,8H. The van der Waals surface area contributed by atoms with Crippen molar-refractivity contribution >= 4 is 22.6 Å². The Bertz CT molecular complexity index is 490. The number of nitrogens with zero attached hydrogens (tertiary/aromatic N) is 2. The van der Waals surface area contributed by atoms with Crippen molar-refractivity contribution in [2.75, 3.05) is 0 Å². The molecule has 0 aliphatic heterocycles. The van der Waals surface area contributed by atoms with Gasteiger partial charge in [0.05, 0.1) is 0 Å². The summed E-state index contributed by atoms with van der Waals surface area (Å²) in [5, 5.41) is 3.60. The third-order valence-electron chi connectivity index (χ3n) is 1.71. The number of hydrogen-bond donors (Lipinski definition) is 0. The molecule has 0 spiro atoms. The molecule has 0 atom stereocenters. The molecule has 0 saturated carbocycles. The first-order valence-electron chi connectivity index (χ1n) is 4.19. The molecule has 4 nitrogen and oxygen atoms in total. The van der Waals surface area contributed by atoms with E-state index in [4.69, 9.17) is 4.52 Å². The van der Waals surface area contributed by atoms with Gasteiger partial charge >= 0.3 is 6.61 Å². The van der Waals surface area contributed by atoms with Crippen molar-refractivity contribution < 1.29 is 18.0 Å². The van der Waals surface area contributed by atoms with Gasteiger partial charge in [-0.1, -0.05) is 11.2 Å². The first-order chi connectivity index (χ1) is 7.65. The fraction of sp³-hybridized carbons (Fsp3) is 0.111. The fourth-order valence-corrected chi connectivity index (χ4v) is 1.45. The lowest BCUT2D eigenvalue weighted by Gasteiger charge is -2.04. The minimum atomic E-state index is -2.85. The van der Waals surface area contributed by atoms with E-state index in [-0.39, 0.29) is 11.6 Å². The smallest absolute Gasteiger partial charge is 0.387 e. The van der Waals surface area contributed by atoms with E-state index in [1.807, 2.05) is 22.6 Å². The van der Waals surface area contributed by atoms with Gasteiger partial charge in [0, 0.05) is 28.2 Å². The van der Waals surface area contributed by atoms with Gasteiger partial charge in [0.15, 0.2) is 0 Å². The monoisotopic (exact) mass is 338 g/mol. The summed E-state index contributed by atoms with van der Waals surface area (Å²) in [6.07, 6.45) is 0. The molecular weight excluding hydrogens is 333 g/mol. The molecule has 0 radical (unpaired) electrons. The maximum Gasteiger partial charge on any atom is 0.387 e. The van der Waals surface area contributed by atoms with E-state index in [9.17, 15) is 8.78 Å². The quantitative estimate of drug-likeness (QED) is 0.808. The highest BCUT2D eigenvalue weighted by Crippen LogP contribution is 2.23. The van der Waals surface area contributed by atoms with Crippen molar-refractivity contribution in [3.05, 3.63) is 28.1 Å². The second-order valence-electron chi connectivity index (χ2n) is 2.77. The van der Waals surface area contributed by atoms with Crippen LogP contribution in [0.5, 0.6) is 5.75 Å². The topological polar surface area (TPSA) is 48.2 Å². The fourth-order valence-electron chi connectivity index (χ4n) is 1.13. The Morgan fingerprint density at radius 1 is 1.38 bits per heavy atom. The van der Waals surface area contributed by atoms with Crippen LogP contribution in [0.3, 0.4) is 0 Å². The number of rotatable bonds is 3. The van der Waals surface area contributed by atoms with Gasteiger partial charge in [-0.25, -0.2) is 0 Å². The number of hydrogen-bond acceptors (Lipinski definition) is 4. The Hall–Kier alpha value is -1.25. The van der Waals surface area contributed by atoms with E-state index in [1.165, 1.54) is 12.1 Å². The number of halogens is 3. The zero-order valence-corrected chi connectivity index (χ0v) is 9.89. The molecule has 0 aliphatic carbocycles. The van der Waals surface area contributed by atoms with Crippen molar-refractivity contribution in [3.63, 3.8) is 0 Å². The van der Waals surface area contributed by atoms with Crippen molar-refractivity contribution in [2.24, 2.45) is 0 Å². The zero-order valence-electron chi connectivity index (χ0n) is 7.73. The van der Waals surface area contributed by atoms with Crippen LogP contribution in [0.4, 0.5) is 8.78 Å². The van der Waals surface area contributed by atoms with Gasteiger partial charge in [-0.05, 0) is 18.2 Å². The van der Waals surface area contributed by atoms with E-state index in [0.717, 1.165) is 0 Å². The lowest BCUT2D eigenvalue weighted by molar-refractivity contribution is -0.0498. The van der Waals surface area contributed by atoms with Crippen LogP contribution >= 0.6 is 22.6 Å². The van der Waals surface area contributed by atoms with Crippen LogP contribution in [0, 0.1) is 3.83 Å². The van der Waals surface area contributed by atoms with Crippen LogP contribution in [-0.4, -0.2) is 16.8 Å².